The summed E-state index contributed by atoms with van der Waals surface area (Å²) in [4.78, 5) is 58.3. The van der Waals surface area contributed by atoms with E-state index in [0.717, 1.165) is 20.8 Å². The number of hydrogen-bond donors (Lipinski definition) is 1. The zero-order valence-electron chi connectivity index (χ0n) is 16.1. The predicted octanol–water partition coefficient (Wildman–Crippen LogP) is -0.132. The number of rotatable bonds is 5. The Hall–Kier alpha value is -2.49. The lowest BCUT2D eigenvalue weighted by atomic mass is 9.86. The SMILES string of the molecule is CC(=O)NC1C(OC(C)=O)C(OC(C)=O)C(C(=O)OC(C)=O)O[C@H]1C(C)C. The first kappa shape index (κ1) is 22.6. The maximum Gasteiger partial charge on any atom is 0.346 e. The van der Waals surface area contributed by atoms with Crippen molar-refractivity contribution in [1.29, 1.82) is 0 Å². The first-order valence-corrected chi connectivity index (χ1v) is 8.43. The van der Waals surface area contributed by atoms with Gasteiger partial charge in [-0.15, -0.1) is 0 Å². The molecule has 0 bridgehead atoms. The number of ether oxygens (including phenoxy) is 4. The minimum atomic E-state index is -1.51. The molecule has 0 aromatic heterocycles. The molecule has 5 atom stereocenters. The third-order valence-electron chi connectivity index (χ3n) is 3.74. The molecule has 1 aliphatic heterocycles. The van der Waals surface area contributed by atoms with Gasteiger partial charge in [0.15, 0.2) is 18.3 Å². The number of esters is 4. The lowest BCUT2D eigenvalue weighted by molar-refractivity contribution is -0.227. The van der Waals surface area contributed by atoms with E-state index in [0.29, 0.717) is 0 Å². The molecular formula is C17H25NO9. The van der Waals surface area contributed by atoms with Crippen LogP contribution in [0.5, 0.6) is 0 Å². The van der Waals surface area contributed by atoms with Crippen molar-refractivity contribution in [3.05, 3.63) is 0 Å². The van der Waals surface area contributed by atoms with Crippen molar-refractivity contribution in [3.63, 3.8) is 0 Å². The van der Waals surface area contributed by atoms with Gasteiger partial charge in [0.2, 0.25) is 5.91 Å². The van der Waals surface area contributed by atoms with E-state index in [9.17, 15) is 24.0 Å². The Kier molecular flexibility index (Phi) is 7.89. The minimum absolute atomic E-state index is 0.231. The van der Waals surface area contributed by atoms with E-state index in [1.165, 1.54) is 6.92 Å². The van der Waals surface area contributed by atoms with E-state index in [1.54, 1.807) is 13.8 Å². The summed E-state index contributed by atoms with van der Waals surface area (Å²) in [6.07, 6.45) is -4.93. The standard InChI is InChI=1S/C17H25NO9/c1-7(2)13-12(18-8(3)19)14(24-9(4)20)15(25-10(5)21)16(27-13)17(23)26-11(6)22/h7,12-16H,1-6H3,(H,18,19)/t12?,13-,14?,15?,16?/m0/s1. The molecule has 1 N–H and O–H groups in total. The van der Waals surface area contributed by atoms with Gasteiger partial charge in [-0.25, -0.2) is 4.79 Å². The molecule has 0 aromatic rings. The molecule has 10 heteroatoms. The topological polar surface area (TPSA) is 134 Å². The average molecular weight is 387 g/mol. The summed E-state index contributed by atoms with van der Waals surface area (Å²) in [6, 6.07) is -0.892. The molecule has 0 aromatic carbocycles. The van der Waals surface area contributed by atoms with Gasteiger partial charge < -0.3 is 24.3 Å². The lowest BCUT2D eigenvalue weighted by Crippen LogP contribution is -2.67. The molecule has 0 aliphatic carbocycles. The molecule has 1 aliphatic rings. The van der Waals surface area contributed by atoms with Gasteiger partial charge in [-0.1, -0.05) is 13.8 Å². The van der Waals surface area contributed by atoms with E-state index in [-0.39, 0.29) is 5.92 Å². The van der Waals surface area contributed by atoms with Crippen LogP contribution in [0.1, 0.15) is 41.5 Å². The van der Waals surface area contributed by atoms with Crippen LogP contribution in [0.3, 0.4) is 0 Å². The third kappa shape index (κ3) is 6.31. The summed E-state index contributed by atoms with van der Waals surface area (Å²) in [5.74, 6) is -4.11. The molecule has 1 amide bonds. The van der Waals surface area contributed by atoms with Crippen LogP contribution in [0, 0.1) is 5.92 Å². The van der Waals surface area contributed by atoms with Crippen LogP contribution in [0.2, 0.25) is 0 Å². The van der Waals surface area contributed by atoms with Crippen LogP contribution >= 0.6 is 0 Å². The summed E-state index contributed by atoms with van der Waals surface area (Å²) in [5, 5.41) is 2.62. The van der Waals surface area contributed by atoms with Gasteiger partial charge in [-0.05, 0) is 5.92 Å². The van der Waals surface area contributed by atoms with Crippen molar-refractivity contribution in [3.8, 4) is 0 Å². The zero-order chi connectivity index (χ0) is 20.9. The molecule has 10 nitrogen and oxygen atoms in total. The second kappa shape index (κ2) is 9.45. The normalized spacial score (nSPS) is 27.4. The van der Waals surface area contributed by atoms with Crippen LogP contribution in [0.25, 0.3) is 0 Å². The van der Waals surface area contributed by atoms with Gasteiger partial charge in [0.1, 0.15) is 0 Å². The van der Waals surface area contributed by atoms with Gasteiger partial charge in [0, 0.05) is 27.7 Å². The maximum atomic E-state index is 12.3. The smallest absolute Gasteiger partial charge is 0.346 e. The highest BCUT2D eigenvalue weighted by atomic mass is 16.6. The number of amides is 1. The number of hydrogen-bond acceptors (Lipinski definition) is 9. The van der Waals surface area contributed by atoms with Gasteiger partial charge in [-0.3, -0.25) is 19.2 Å². The molecule has 1 heterocycles. The highest BCUT2D eigenvalue weighted by Crippen LogP contribution is 2.30. The Bertz CT molecular complexity index is 616. The molecule has 0 spiro atoms. The van der Waals surface area contributed by atoms with Crippen molar-refractivity contribution >= 4 is 29.8 Å². The molecular weight excluding hydrogens is 362 g/mol. The van der Waals surface area contributed by atoms with Crippen LogP contribution in [-0.4, -0.2) is 60.2 Å². The quantitative estimate of drug-likeness (QED) is 0.389. The Balaban J connectivity index is 3.40. The molecule has 0 saturated carbocycles. The Morgan fingerprint density at radius 1 is 0.852 bits per heavy atom. The Morgan fingerprint density at radius 2 is 1.37 bits per heavy atom. The van der Waals surface area contributed by atoms with Crippen LogP contribution in [-0.2, 0) is 42.9 Å². The minimum Gasteiger partial charge on any atom is -0.456 e. The Labute approximate surface area is 156 Å². The maximum absolute atomic E-state index is 12.3. The molecule has 4 unspecified atom stereocenters. The fourth-order valence-corrected chi connectivity index (χ4v) is 2.91. The summed E-state index contributed by atoms with van der Waals surface area (Å²) >= 11 is 0. The van der Waals surface area contributed by atoms with Crippen molar-refractivity contribution in [1.82, 2.24) is 5.32 Å². The van der Waals surface area contributed by atoms with Gasteiger partial charge in [-0.2, -0.15) is 0 Å². The fraction of sp³-hybridized carbons (Fsp3) is 0.706. The Morgan fingerprint density at radius 3 is 1.78 bits per heavy atom. The zero-order valence-corrected chi connectivity index (χ0v) is 16.1. The highest BCUT2D eigenvalue weighted by molar-refractivity contribution is 5.87. The van der Waals surface area contributed by atoms with Crippen LogP contribution < -0.4 is 5.32 Å². The molecule has 152 valence electrons. The summed E-state index contributed by atoms with van der Waals surface area (Å²) in [7, 11) is 0. The van der Waals surface area contributed by atoms with Gasteiger partial charge >= 0.3 is 23.9 Å². The van der Waals surface area contributed by atoms with E-state index in [4.69, 9.17) is 14.2 Å². The number of carbonyl (C=O) groups is 5. The molecule has 1 saturated heterocycles. The first-order valence-electron chi connectivity index (χ1n) is 8.43. The van der Waals surface area contributed by atoms with E-state index >= 15 is 0 Å². The molecule has 27 heavy (non-hydrogen) atoms. The second-order valence-electron chi connectivity index (χ2n) is 6.55. The average Bonchev–Trinajstić information content (AvgIpc) is 2.47. The lowest BCUT2D eigenvalue weighted by Gasteiger charge is -2.45. The van der Waals surface area contributed by atoms with E-state index in [2.05, 4.69) is 10.1 Å². The van der Waals surface area contributed by atoms with Gasteiger partial charge in [0.25, 0.3) is 0 Å². The summed E-state index contributed by atoms with van der Waals surface area (Å²) < 4.78 is 20.8. The molecule has 0 radical (unpaired) electrons. The molecule has 1 fully saturated rings. The fourth-order valence-electron chi connectivity index (χ4n) is 2.91. The van der Waals surface area contributed by atoms with Gasteiger partial charge in [0.05, 0.1) is 12.1 Å². The van der Waals surface area contributed by atoms with Crippen LogP contribution in [0.15, 0.2) is 0 Å². The van der Waals surface area contributed by atoms with Crippen molar-refractivity contribution < 1.29 is 42.9 Å². The highest BCUT2D eigenvalue weighted by Gasteiger charge is 2.54. The van der Waals surface area contributed by atoms with Crippen molar-refractivity contribution in [2.45, 2.75) is 72.0 Å². The van der Waals surface area contributed by atoms with Crippen molar-refractivity contribution in [2.24, 2.45) is 5.92 Å². The molecule has 1 rings (SSSR count). The summed E-state index contributed by atoms with van der Waals surface area (Å²) in [5.41, 5.74) is 0. The first-order chi connectivity index (χ1) is 12.4. The number of nitrogens with one attached hydrogen (secondary N) is 1. The van der Waals surface area contributed by atoms with E-state index < -0.39 is 60.2 Å². The number of carbonyl (C=O) groups excluding carboxylic acids is 5. The van der Waals surface area contributed by atoms with E-state index in [1.807, 2.05) is 0 Å². The largest absolute Gasteiger partial charge is 0.456 e. The van der Waals surface area contributed by atoms with Crippen molar-refractivity contribution in [2.75, 3.05) is 0 Å². The van der Waals surface area contributed by atoms with Crippen LogP contribution in [0.4, 0.5) is 0 Å². The predicted molar refractivity (Wildman–Crippen MR) is 89.0 cm³/mol. The summed E-state index contributed by atoms with van der Waals surface area (Å²) in [6.45, 7) is 8.07. The second-order valence-corrected chi connectivity index (χ2v) is 6.55. The monoisotopic (exact) mass is 387 g/mol. The third-order valence-corrected chi connectivity index (χ3v) is 3.74.